The third-order valence-electron chi connectivity index (χ3n) is 6.59. The summed E-state index contributed by atoms with van der Waals surface area (Å²) in [6.45, 7) is 22.3. The molecule has 142 valence electrons. The third kappa shape index (κ3) is 5.73. The number of likely N-dealkylation sites (tertiary alicyclic amines) is 2. The van der Waals surface area contributed by atoms with Crippen LogP contribution >= 0.6 is 0 Å². The molecule has 24 heavy (non-hydrogen) atoms. The molecule has 4 unspecified atom stereocenters. The molecule has 0 aromatic heterocycles. The lowest BCUT2D eigenvalue weighted by molar-refractivity contribution is 0.0275. The molecular formula is C22H44N2. The Labute approximate surface area is 152 Å². The van der Waals surface area contributed by atoms with E-state index < -0.39 is 0 Å². The van der Waals surface area contributed by atoms with Gasteiger partial charge in [0.15, 0.2) is 0 Å². The van der Waals surface area contributed by atoms with E-state index in [0.29, 0.717) is 5.54 Å². The average molecular weight is 337 g/mol. The second kappa shape index (κ2) is 8.54. The zero-order valence-corrected chi connectivity index (χ0v) is 17.6. The normalized spacial score (nSPS) is 32.2. The van der Waals surface area contributed by atoms with Crippen molar-refractivity contribution in [2.24, 2.45) is 23.7 Å². The maximum absolute atomic E-state index is 2.80. The fourth-order valence-corrected chi connectivity index (χ4v) is 5.55. The first-order chi connectivity index (χ1) is 11.2. The Morgan fingerprint density at radius 2 is 1.62 bits per heavy atom. The van der Waals surface area contributed by atoms with E-state index in [4.69, 9.17) is 0 Å². The molecule has 2 heterocycles. The quantitative estimate of drug-likeness (QED) is 0.651. The molecule has 2 fully saturated rings. The van der Waals surface area contributed by atoms with Crippen LogP contribution in [0, 0.1) is 23.7 Å². The van der Waals surface area contributed by atoms with E-state index in [9.17, 15) is 0 Å². The molecule has 0 amide bonds. The van der Waals surface area contributed by atoms with Gasteiger partial charge in [0.25, 0.3) is 0 Å². The maximum atomic E-state index is 2.80. The highest BCUT2D eigenvalue weighted by molar-refractivity contribution is 4.89. The Kier molecular flexibility index (Phi) is 7.20. The predicted octanol–water partition coefficient (Wildman–Crippen LogP) is 5.28. The van der Waals surface area contributed by atoms with Crippen molar-refractivity contribution in [2.75, 3.05) is 26.2 Å². The lowest BCUT2D eigenvalue weighted by Crippen LogP contribution is -2.51. The van der Waals surface area contributed by atoms with Crippen LogP contribution < -0.4 is 0 Å². The third-order valence-corrected chi connectivity index (χ3v) is 6.59. The summed E-state index contributed by atoms with van der Waals surface area (Å²) in [6.07, 6.45) is 7.04. The first kappa shape index (κ1) is 20.2. The SMILES string of the molecule is CC1CC(C)CN(C(C)(C)CC(C)CC2CCCN(C(C)C)C2)C1. The maximum Gasteiger partial charge on any atom is 0.0156 e. The van der Waals surface area contributed by atoms with Gasteiger partial charge in [0.1, 0.15) is 0 Å². The zero-order chi connectivity index (χ0) is 17.9. The van der Waals surface area contributed by atoms with Gasteiger partial charge in [-0.05, 0) is 90.0 Å². The fraction of sp³-hybridized carbons (Fsp3) is 1.00. The van der Waals surface area contributed by atoms with Crippen LogP contribution in [-0.4, -0.2) is 47.6 Å². The minimum absolute atomic E-state index is 0.356. The molecule has 2 heteroatoms. The second-order valence-corrected chi connectivity index (χ2v) is 10.3. The Balaban J connectivity index is 1.85. The monoisotopic (exact) mass is 336 g/mol. The minimum Gasteiger partial charge on any atom is -0.301 e. The summed E-state index contributed by atoms with van der Waals surface area (Å²) in [4.78, 5) is 5.49. The molecule has 0 aromatic carbocycles. The van der Waals surface area contributed by atoms with Crippen molar-refractivity contribution in [1.82, 2.24) is 9.80 Å². The summed E-state index contributed by atoms with van der Waals surface area (Å²) < 4.78 is 0. The van der Waals surface area contributed by atoms with E-state index in [0.717, 1.165) is 29.7 Å². The van der Waals surface area contributed by atoms with Gasteiger partial charge in [0.05, 0.1) is 0 Å². The molecule has 0 aliphatic carbocycles. The van der Waals surface area contributed by atoms with Crippen molar-refractivity contribution >= 4 is 0 Å². The van der Waals surface area contributed by atoms with Crippen LogP contribution in [-0.2, 0) is 0 Å². The van der Waals surface area contributed by atoms with E-state index in [1.165, 1.54) is 58.3 Å². The Morgan fingerprint density at radius 1 is 1.00 bits per heavy atom. The van der Waals surface area contributed by atoms with Crippen molar-refractivity contribution in [3.8, 4) is 0 Å². The van der Waals surface area contributed by atoms with Gasteiger partial charge >= 0.3 is 0 Å². The lowest BCUT2D eigenvalue weighted by Gasteiger charge is -2.46. The molecule has 2 aliphatic rings. The van der Waals surface area contributed by atoms with Crippen molar-refractivity contribution in [3.05, 3.63) is 0 Å². The highest BCUT2D eigenvalue weighted by atomic mass is 15.2. The molecular weight excluding hydrogens is 292 g/mol. The zero-order valence-electron chi connectivity index (χ0n) is 17.6. The molecule has 2 nitrogen and oxygen atoms in total. The van der Waals surface area contributed by atoms with E-state index in [-0.39, 0.29) is 0 Å². The summed E-state index contributed by atoms with van der Waals surface area (Å²) in [5.41, 5.74) is 0.356. The van der Waals surface area contributed by atoms with Gasteiger partial charge in [-0.1, -0.05) is 20.8 Å². The van der Waals surface area contributed by atoms with Crippen LogP contribution in [0.1, 0.15) is 80.6 Å². The highest BCUT2D eigenvalue weighted by Gasteiger charge is 2.34. The molecule has 2 aliphatic heterocycles. The van der Waals surface area contributed by atoms with Crippen molar-refractivity contribution in [2.45, 2.75) is 92.2 Å². The van der Waals surface area contributed by atoms with Crippen LogP contribution in [0.15, 0.2) is 0 Å². The first-order valence-electron chi connectivity index (χ1n) is 10.7. The van der Waals surface area contributed by atoms with E-state index in [2.05, 4.69) is 58.3 Å². The van der Waals surface area contributed by atoms with Gasteiger partial charge in [-0.2, -0.15) is 0 Å². The Bertz CT molecular complexity index is 366. The number of nitrogens with zero attached hydrogens (tertiary/aromatic N) is 2. The molecule has 2 saturated heterocycles. The topological polar surface area (TPSA) is 6.48 Å². The van der Waals surface area contributed by atoms with Crippen molar-refractivity contribution in [1.29, 1.82) is 0 Å². The van der Waals surface area contributed by atoms with Crippen LogP contribution in [0.2, 0.25) is 0 Å². The van der Waals surface area contributed by atoms with Crippen molar-refractivity contribution < 1.29 is 0 Å². The van der Waals surface area contributed by atoms with E-state index in [1.54, 1.807) is 0 Å². The summed E-state index contributed by atoms with van der Waals surface area (Å²) in [7, 11) is 0. The van der Waals surface area contributed by atoms with E-state index >= 15 is 0 Å². The molecule has 0 N–H and O–H groups in total. The number of piperidine rings is 2. The van der Waals surface area contributed by atoms with Gasteiger partial charge in [0, 0.05) is 31.2 Å². The minimum atomic E-state index is 0.356. The number of hydrogen-bond donors (Lipinski definition) is 0. The second-order valence-electron chi connectivity index (χ2n) is 10.3. The summed E-state index contributed by atoms with van der Waals surface area (Å²) in [6, 6.07) is 0.718. The smallest absolute Gasteiger partial charge is 0.0156 e. The molecule has 0 spiro atoms. The van der Waals surface area contributed by atoms with Crippen molar-refractivity contribution in [3.63, 3.8) is 0 Å². The number of hydrogen-bond acceptors (Lipinski definition) is 2. The molecule has 0 bridgehead atoms. The summed E-state index contributed by atoms with van der Waals surface area (Å²) >= 11 is 0. The Hall–Kier alpha value is -0.0800. The fourth-order valence-electron chi connectivity index (χ4n) is 5.55. The lowest BCUT2D eigenvalue weighted by atomic mass is 9.80. The molecule has 0 radical (unpaired) electrons. The van der Waals surface area contributed by atoms with Gasteiger partial charge in [-0.25, -0.2) is 0 Å². The van der Waals surface area contributed by atoms with Crippen LogP contribution in [0.3, 0.4) is 0 Å². The standard InChI is InChI=1S/C22H44N2/c1-17(2)23-10-8-9-21(16-23)12-18(3)13-22(6,7)24-14-19(4)11-20(5)15-24/h17-21H,8-16H2,1-7H3. The van der Waals surface area contributed by atoms with Gasteiger partial charge in [-0.3, -0.25) is 4.90 Å². The van der Waals surface area contributed by atoms with Crippen LogP contribution in [0.4, 0.5) is 0 Å². The van der Waals surface area contributed by atoms with Gasteiger partial charge in [0.2, 0.25) is 0 Å². The highest BCUT2D eigenvalue weighted by Crippen LogP contribution is 2.34. The van der Waals surface area contributed by atoms with E-state index in [1.807, 2.05) is 0 Å². The number of rotatable bonds is 6. The van der Waals surface area contributed by atoms with Gasteiger partial charge in [-0.15, -0.1) is 0 Å². The van der Waals surface area contributed by atoms with Crippen LogP contribution in [0.5, 0.6) is 0 Å². The average Bonchev–Trinajstić information content (AvgIpc) is 2.45. The molecule has 0 saturated carbocycles. The van der Waals surface area contributed by atoms with Gasteiger partial charge < -0.3 is 4.90 Å². The largest absolute Gasteiger partial charge is 0.301 e. The molecule has 0 aromatic rings. The molecule has 2 rings (SSSR count). The molecule has 4 atom stereocenters. The predicted molar refractivity (Wildman–Crippen MR) is 106 cm³/mol. The van der Waals surface area contributed by atoms with Crippen LogP contribution in [0.25, 0.3) is 0 Å². The summed E-state index contributed by atoms with van der Waals surface area (Å²) in [5.74, 6) is 3.48. The Morgan fingerprint density at radius 3 is 2.21 bits per heavy atom. The summed E-state index contributed by atoms with van der Waals surface area (Å²) in [5, 5.41) is 0. The first-order valence-corrected chi connectivity index (χ1v) is 10.7.